The highest BCUT2D eigenvalue weighted by atomic mass is 35.5. The monoisotopic (exact) mass is 339 g/mol. The van der Waals surface area contributed by atoms with E-state index in [9.17, 15) is 26.0 Å². The van der Waals surface area contributed by atoms with Gasteiger partial charge in [0.25, 0.3) is 0 Å². The van der Waals surface area contributed by atoms with Crippen LogP contribution in [0.25, 0.3) is 11.1 Å². The molecule has 2 aromatic carbocycles. The fourth-order valence-electron chi connectivity index (χ4n) is 1.74. The quantitative estimate of drug-likeness (QED) is 0.854. The predicted molar refractivity (Wildman–Crippen MR) is 68.1 cm³/mol. The molecule has 0 bridgehead atoms. The van der Waals surface area contributed by atoms with Crippen LogP contribution >= 0.6 is 11.6 Å². The molecule has 0 aliphatic heterocycles. The normalized spacial score (nSPS) is 11.7. The van der Waals surface area contributed by atoms with Crippen molar-refractivity contribution in [1.82, 2.24) is 0 Å². The van der Waals surface area contributed by atoms with Gasteiger partial charge in [0.05, 0.1) is 10.6 Å². The summed E-state index contributed by atoms with van der Waals surface area (Å²) in [6, 6.07) is 1.82. The highest BCUT2D eigenvalue weighted by Crippen LogP contribution is 2.33. The Labute approximate surface area is 122 Å². The number of hydrogen-bond donors (Lipinski definition) is 1. The second kappa shape index (κ2) is 5.28. The molecule has 0 aromatic heterocycles. The van der Waals surface area contributed by atoms with Crippen molar-refractivity contribution in [2.45, 2.75) is 4.90 Å². The summed E-state index contributed by atoms with van der Waals surface area (Å²) in [5.41, 5.74) is -1.66. The molecule has 0 saturated heterocycles. The first-order chi connectivity index (χ1) is 9.61. The van der Waals surface area contributed by atoms with E-state index in [4.69, 9.17) is 16.7 Å². The third-order valence-electron chi connectivity index (χ3n) is 2.60. The fraction of sp³-hybridized carbons (Fsp3) is 0. The molecule has 0 spiro atoms. The van der Waals surface area contributed by atoms with Crippen LogP contribution < -0.4 is 5.14 Å². The minimum Gasteiger partial charge on any atom is -0.225 e. The molecule has 3 nitrogen and oxygen atoms in total. The maximum Gasteiger partial charge on any atom is 0.239 e. The number of nitrogens with two attached hydrogens (primary N) is 1. The van der Waals surface area contributed by atoms with Gasteiger partial charge in [-0.25, -0.2) is 31.1 Å². The van der Waals surface area contributed by atoms with Crippen LogP contribution in [0.1, 0.15) is 0 Å². The molecule has 2 N–H and O–H groups in total. The van der Waals surface area contributed by atoms with E-state index in [-0.39, 0.29) is 0 Å². The first-order valence-electron chi connectivity index (χ1n) is 5.28. The molecule has 21 heavy (non-hydrogen) atoms. The van der Waals surface area contributed by atoms with E-state index in [1.165, 1.54) is 0 Å². The molecule has 0 fully saturated rings. The Bertz CT molecular complexity index is 816. The van der Waals surface area contributed by atoms with E-state index >= 15 is 0 Å². The zero-order chi connectivity index (χ0) is 15.9. The van der Waals surface area contributed by atoms with E-state index in [0.717, 1.165) is 0 Å². The molecule has 112 valence electrons. The van der Waals surface area contributed by atoms with Gasteiger partial charge in [-0.3, -0.25) is 0 Å². The number of hydrogen-bond acceptors (Lipinski definition) is 2. The van der Waals surface area contributed by atoms with Gasteiger partial charge in [-0.05, 0) is 12.1 Å². The molecule has 0 unspecified atom stereocenters. The lowest BCUT2D eigenvalue weighted by molar-refractivity contribution is 0.544. The van der Waals surface area contributed by atoms with Gasteiger partial charge in [0.1, 0.15) is 28.2 Å². The van der Waals surface area contributed by atoms with E-state index < -0.39 is 54.3 Å². The Morgan fingerprint density at radius 1 is 0.905 bits per heavy atom. The van der Waals surface area contributed by atoms with Gasteiger partial charge in [-0.15, -0.1) is 0 Å². The van der Waals surface area contributed by atoms with Gasteiger partial charge in [0.2, 0.25) is 10.0 Å². The SMILES string of the molecule is NS(=O)(=O)c1cc(-c2c(F)cc(F)cc2F)c(F)cc1Cl. The molecular formula is C12H6ClF4NO2S. The second-order valence-electron chi connectivity index (χ2n) is 4.05. The average Bonchev–Trinajstić information content (AvgIpc) is 2.28. The number of rotatable bonds is 2. The van der Waals surface area contributed by atoms with Crippen molar-refractivity contribution < 1.29 is 26.0 Å². The van der Waals surface area contributed by atoms with Gasteiger partial charge < -0.3 is 0 Å². The van der Waals surface area contributed by atoms with Gasteiger partial charge >= 0.3 is 0 Å². The second-order valence-corrected chi connectivity index (χ2v) is 5.99. The first-order valence-corrected chi connectivity index (χ1v) is 7.20. The minimum absolute atomic E-state index is 0.336. The molecule has 0 aliphatic rings. The maximum atomic E-state index is 13.8. The molecule has 9 heteroatoms. The van der Waals surface area contributed by atoms with Gasteiger partial charge in [0, 0.05) is 17.7 Å². The average molecular weight is 340 g/mol. The van der Waals surface area contributed by atoms with Crippen molar-refractivity contribution in [3.63, 3.8) is 0 Å². The molecule has 0 atom stereocenters. The number of halogens is 5. The van der Waals surface area contributed by atoms with Crippen LogP contribution in [0.2, 0.25) is 5.02 Å². The Morgan fingerprint density at radius 2 is 1.43 bits per heavy atom. The van der Waals surface area contributed by atoms with Crippen molar-refractivity contribution in [3.05, 3.63) is 52.6 Å². The van der Waals surface area contributed by atoms with Crippen molar-refractivity contribution in [1.29, 1.82) is 0 Å². The standard InChI is InChI=1S/C12H6ClF4NO2S/c13-7-4-8(15)6(3-11(7)21(18,19)20)12-9(16)1-5(14)2-10(12)17/h1-4H,(H2,18,19,20). The summed E-state index contributed by atoms with van der Waals surface area (Å²) in [6.45, 7) is 0. The summed E-state index contributed by atoms with van der Waals surface area (Å²) in [6.07, 6.45) is 0. The van der Waals surface area contributed by atoms with Crippen LogP contribution in [0.4, 0.5) is 17.6 Å². The molecule has 0 heterocycles. The zero-order valence-corrected chi connectivity index (χ0v) is 11.6. The highest BCUT2D eigenvalue weighted by molar-refractivity contribution is 7.89. The van der Waals surface area contributed by atoms with E-state index in [2.05, 4.69) is 0 Å². The van der Waals surface area contributed by atoms with Crippen LogP contribution in [-0.4, -0.2) is 8.42 Å². The number of benzene rings is 2. The van der Waals surface area contributed by atoms with Crippen LogP contribution in [0, 0.1) is 23.3 Å². The van der Waals surface area contributed by atoms with E-state index in [1.54, 1.807) is 0 Å². The Hall–Kier alpha value is -1.64. The van der Waals surface area contributed by atoms with Crippen molar-refractivity contribution >= 4 is 21.6 Å². The van der Waals surface area contributed by atoms with Crippen LogP contribution in [0.15, 0.2) is 29.2 Å². The molecule has 2 aromatic rings. The van der Waals surface area contributed by atoms with Gasteiger partial charge in [0.15, 0.2) is 0 Å². The Balaban J connectivity index is 2.83. The predicted octanol–water partition coefficient (Wildman–Crippen LogP) is 3.21. The Kier molecular flexibility index (Phi) is 3.96. The van der Waals surface area contributed by atoms with Crippen LogP contribution in [0.3, 0.4) is 0 Å². The summed E-state index contributed by atoms with van der Waals surface area (Å²) in [5.74, 6) is -5.17. The Morgan fingerprint density at radius 3 is 1.90 bits per heavy atom. The number of sulfonamides is 1. The van der Waals surface area contributed by atoms with Crippen molar-refractivity contribution in [3.8, 4) is 11.1 Å². The van der Waals surface area contributed by atoms with Crippen LogP contribution in [-0.2, 0) is 10.0 Å². The molecule has 0 saturated carbocycles. The first kappa shape index (κ1) is 15.7. The minimum atomic E-state index is -4.33. The maximum absolute atomic E-state index is 13.8. The number of primary sulfonamides is 1. The van der Waals surface area contributed by atoms with E-state index in [0.29, 0.717) is 24.3 Å². The summed E-state index contributed by atoms with van der Waals surface area (Å²) < 4.78 is 76.5. The third-order valence-corrected chi connectivity index (χ3v) is 3.98. The smallest absolute Gasteiger partial charge is 0.225 e. The molecule has 0 radical (unpaired) electrons. The van der Waals surface area contributed by atoms with E-state index in [1.807, 2.05) is 0 Å². The molecular weight excluding hydrogens is 334 g/mol. The largest absolute Gasteiger partial charge is 0.239 e. The summed E-state index contributed by atoms with van der Waals surface area (Å²) in [5, 5.41) is 4.33. The summed E-state index contributed by atoms with van der Waals surface area (Å²) in [4.78, 5) is -0.705. The molecule has 0 amide bonds. The van der Waals surface area contributed by atoms with Crippen molar-refractivity contribution in [2.75, 3.05) is 0 Å². The van der Waals surface area contributed by atoms with Gasteiger partial charge in [-0.1, -0.05) is 11.6 Å². The topological polar surface area (TPSA) is 60.2 Å². The summed E-state index contributed by atoms with van der Waals surface area (Å²) >= 11 is 5.53. The fourth-order valence-corrected chi connectivity index (χ4v) is 2.82. The lowest BCUT2D eigenvalue weighted by atomic mass is 10.0. The lowest BCUT2D eigenvalue weighted by Gasteiger charge is -2.10. The van der Waals surface area contributed by atoms with Crippen molar-refractivity contribution in [2.24, 2.45) is 5.14 Å². The third kappa shape index (κ3) is 3.02. The molecule has 0 aliphatic carbocycles. The lowest BCUT2D eigenvalue weighted by Crippen LogP contribution is -2.13. The zero-order valence-electron chi connectivity index (χ0n) is 10.0. The molecule has 2 rings (SSSR count). The van der Waals surface area contributed by atoms with Gasteiger partial charge in [-0.2, -0.15) is 0 Å². The highest BCUT2D eigenvalue weighted by Gasteiger charge is 2.22. The van der Waals surface area contributed by atoms with Crippen LogP contribution in [0.5, 0.6) is 0 Å². The summed E-state index contributed by atoms with van der Waals surface area (Å²) in [7, 11) is -4.33.